The van der Waals surface area contributed by atoms with Crippen molar-refractivity contribution in [3.63, 3.8) is 0 Å². The van der Waals surface area contributed by atoms with Crippen molar-refractivity contribution in [2.24, 2.45) is 17.8 Å². The summed E-state index contributed by atoms with van der Waals surface area (Å²) in [6, 6.07) is 9.87. The summed E-state index contributed by atoms with van der Waals surface area (Å²) in [4.78, 5) is 14.0. The lowest BCUT2D eigenvalue weighted by Gasteiger charge is -2.34. The molecule has 3 nitrogen and oxygen atoms in total. The number of hydrogen-bond acceptors (Lipinski definition) is 2. The highest BCUT2D eigenvalue weighted by atomic mass is 16.6. The van der Waals surface area contributed by atoms with E-state index in [1.54, 1.807) is 0 Å². The van der Waals surface area contributed by atoms with E-state index in [4.69, 9.17) is 4.74 Å². The molecule has 21 heavy (non-hydrogen) atoms. The van der Waals surface area contributed by atoms with Crippen LogP contribution in [0.3, 0.4) is 0 Å². The van der Waals surface area contributed by atoms with E-state index in [1.807, 2.05) is 35.2 Å². The van der Waals surface area contributed by atoms with Gasteiger partial charge in [0.1, 0.15) is 6.61 Å². The highest BCUT2D eigenvalue weighted by Crippen LogP contribution is 2.43. The van der Waals surface area contributed by atoms with Crippen LogP contribution in [0.2, 0.25) is 0 Å². The summed E-state index contributed by atoms with van der Waals surface area (Å²) in [5.74, 6) is 2.61. The van der Waals surface area contributed by atoms with Crippen molar-refractivity contribution in [2.45, 2.75) is 39.2 Å². The Hall–Kier alpha value is -1.51. The SMILES string of the molecule is C[C@H](C1CC1)C1CCN(C(=O)OCc2ccccc2)CC1. The minimum Gasteiger partial charge on any atom is -0.445 e. The molecule has 1 aliphatic carbocycles. The van der Waals surface area contributed by atoms with Gasteiger partial charge in [0.15, 0.2) is 0 Å². The zero-order valence-electron chi connectivity index (χ0n) is 12.8. The first kappa shape index (κ1) is 14.4. The molecule has 0 radical (unpaired) electrons. The molecule has 2 aliphatic rings. The van der Waals surface area contributed by atoms with Gasteiger partial charge in [-0.05, 0) is 49.0 Å². The summed E-state index contributed by atoms with van der Waals surface area (Å²) < 4.78 is 5.41. The maximum absolute atomic E-state index is 12.1. The van der Waals surface area contributed by atoms with Crippen molar-refractivity contribution in [3.05, 3.63) is 35.9 Å². The van der Waals surface area contributed by atoms with Crippen LogP contribution in [0.15, 0.2) is 30.3 Å². The predicted octanol–water partition coefficient (Wildman–Crippen LogP) is 4.08. The Bertz CT molecular complexity index is 461. The van der Waals surface area contributed by atoms with E-state index < -0.39 is 0 Å². The van der Waals surface area contributed by atoms with Crippen LogP contribution in [0.4, 0.5) is 4.79 Å². The van der Waals surface area contributed by atoms with Crippen LogP contribution in [-0.2, 0) is 11.3 Å². The number of ether oxygens (including phenoxy) is 1. The molecule has 1 aromatic rings. The molecule has 1 heterocycles. The lowest BCUT2D eigenvalue weighted by Crippen LogP contribution is -2.40. The summed E-state index contributed by atoms with van der Waals surface area (Å²) in [5, 5.41) is 0. The first-order valence-electron chi connectivity index (χ1n) is 8.19. The van der Waals surface area contributed by atoms with E-state index in [0.717, 1.165) is 49.2 Å². The number of carbonyl (C=O) groups excluding carboxylic acids is 1. The second-order valence-electron chi connectivity index (χ2n) is 6.56. The van der Waals surface area contributed by atoms with Crippen LogP contribution in [0, 0.1) is 17.8 Å². The van der Waals surface area contributed by atoms with Gasteiger partial charge in [0, 0.05) is 13.1 Å². The lowest BCUT2D eigenvalue weighted by atomic mass is 9.83. The first-order chi connectivity index (χ1) is 10.2. The standard InChI is InChI=1S/C18H25NO2/c1-14(16-7-8-16)17-9-11-19(12-10-17)18(20)21-13-15-5-3-2-4-6-15/h2-6,14,16-17H,7-13H2,1H3/t14-/m1/s1. The molecule has 0 bridgehead atoms. The van der Waals surface area contributed by atoms with Gasteiger partial charge in [-0.1, -0.05) is 37.3 Å². The molecule has 1 saturated heterocycles. The predicted molar refractivity (Wildman–Crippen MR) is 82.8 cm³/mol. The normalized spacial score (nSPS) is 21.1. The minimum absolute atomic E-state index is 0.156. The maximum atomic E-state index is 12.1. The molecule has 1 saturated carbocycles. The van der Waals surface area contributed by atoms with Crippen molar-refractivity contribution in [1.29, 1.82) is 0 Å². The van der Waals surface area contributed by atoms with E-state index in [0.29, 0.717) is 6.61 Å². The Labute approximate surface area is 127 Å². The van der Waals surface area contributed by atoms with Crippen molar-refractivity contribution in [3.8, 4) is 0 Å². The van der Waals surface area contributed by atoms with Gasteiger partial charge in [0.25, 0.3) is 0 Å². The van der Waals surface area contributed by atoms with Gasteiger partial charge in [-0.25, -0.2) is 4.79 Å². The molecular formula is C18H25NO2. The summed E-state index contributed by atoms with van der Waals surface area (Å²) in [6.45, 7) is 4.48. The number of nitrogens with zero attached hydrogens (tertiary/aromatic N) is 1. The van der Waals surface area contributed by atoms with Crippen LogP contribution < -0.4 is 0 Å². The van der Waals surface area contributed by atoms with Gasteiger partial charge in [-0.2, -0.15) is 0 Å². The highest BCUT2D eigenvalue weighted by molar-refractivity contribution is 5.67. The Morgan fingerprint density at radius 1 is 1.14 bits per heavy atom. The minimum atomic E-state index is -0.156. The topological polar surface area (TPSA) is 29.5 Å². The molecule has 0 unspecified atom stereocenters. The summed E-state index contributed by atoms with van der Waals surface area (Å²) in [6.07, 6.45) is 4.95. The number of benzene rings is 1. The third-order valence-corrected chi connectivity index (χ3v) is 5.11. The van der Waals surface area contributed by atoms with Gasteiger partial charge < -0.3 is 9.64 Å². The van der Waals surface area contributed by atoms with E-state index in [-0.39, 0.29) is 6.09 Å². The number of likely N-dealkylation sites (tertiary alicyclic amines) is 1. The summed E-state index contributed by atoms with van der Waals surface area (Å²) in [7, 11) is 0. The van der Waals surface area contributed by atoms with Crippen molar-refractivity contribution in [1.82, 2.24) is 4.90 Å². The van der Waals surface area contributed by atoms with Crippen molar-refractivity contribution in [2.75, 3.05) is 13.1 Å². The van der Waals surface area contributed by atoms with Gasteiger partial charge in [-0.15, -0.1) is 0 Å². The first-order valence-corrected chi connectivity index (χ1v) is 8.19. The number of hydrogen-bond donors (Lipinski definition) is 0. The molecule has 2 fully saturated rings. The fraction of sp³-hybridized carbons (Fsp3) is 0.611. The fourth-order valence-corrected chi connectivity index (χ4v) is 3.43. The van der Waals surface area contributed by atoms with Crippen LogP contribution in [0.25, 0.3) is 0 Å². The third kappa shape index (κ3) is 3.78. The maximum Gasteiger partial charge on any atom is 0.410 e. The highest BCUT2D eigenvalue weighted by Gasteiger charge is 2.35. The molecule has 114 valence electrons. The largest absolute Gasteiger partial charge is 0.445 e. The van der Waals surface area contributed by atoms with Crippen molar-refractivity contribution >= 4 is 6.09 Å². The molecule has 1 aromatic carbocycles. The molecule has 3 rings (SSSR count). The van der Waals surface area contributed by atoms with E-state index in [1.165, 1.54) is 12.8 Å². The smallest absolute Gasteiger partial charge is 0.410 e. The van der Waals surface area contributed by atoms with Gasteiger partial charge in [0.2, 0.25) is 0 Å². The van der Waals surface area contributed by atoms with E-state index in [9.17, 15) is 4.79 Å². The number of piperidine rings is 1. The molecule has 0 spiro atoms. The van der Waals surface area contributed by atoms with E-state index >= 15 is 0 Å². The molecule has 3 heteroatoms. The second-order valence-corrected chi connectivity index (χ2v) is 6.56. The number of carbonyl (C=O) groups is 1. The molecule has 1 amide bonds. The number of rotatable bonds is 4. The van der Waals surface area contributed by atoms with Crippen molar-refractivity contribution < 1.29 is 9.53 Å². The quantitative estimate of drug-likeness (QED) is 0.835. The van der Waals surface area contributed by atoms with Crippen LogP contribution >= 0.6 is 0 Å². The zero-order chi connectivity index (χ0) is 14.7. The number of amides is 1. The van der Waals surface area contributed by atoms with Gasteiger partial charge in [-0.3, -0.25) is 0 Å². The molecular weight excluding hydrogens is 262 g/mol. The van der Waals surface area contributed by atoms with Gasteiger partial charge in [0.05, 0.1) is 0 Å². The average Bonchev–Trinajstić information content (AvgIpc) is 3.38. The summed E-state index contributed by atoms with van der Waals surface area (Å²) in [5.41, 5.74) is 1.04. The Balaban J connectivity index is 1.42. The van der Waals surface area contributed by atoms with Crippen LogP contribution in [-0.4, -0.2) is 24.1 Å². The monoisotopic (exact) mass is 287 g/mol. The fourth-order valence-electron chi connectivity index (χ4n) is 3.43. The average molecular weight is 287 g/mol. The lowest BCUT2D eigenvalue weighted by molar-refractivity contribution is 0.0751. The van der Waals surface area contributed by atoms with Gasteiger partial charge >= 0.3 is 6.09 Å². The van der Waals surface area contributed by atoms with Crippen LogP contribution in [0.1, 0.15) is 38.2 Å². The Kier molecular flexibility index (Phi) is 4.47. The van der Waals surface area contributed by atoms with E-state index in [2.05, 4.69) is 6.92 Å². The summed E-state index contributed by atoms with van der Waals surface area (Å²) >= 11 is 0. The molecule has 1 atom stereocenters. The third-order valence-electron chi connectivity index (χ3n) is 5.11. The Morgan fingerprint density at radius 2 is 1.76 bits per heavy atom. The van der Waals surface area contributed by atoms with Crippen LogP contribution in [0.5, 0.6) is 0 Å². The Morgan fingerprint density at radius 3 is 2.38 bits per heavy atom. The molecule has 1 aliphatic heterocycles. The molecule has 0 N–H and O–H groups in total. The molecule has 0 aromatic heterocycles. The second kappa shape index (κ2) is 6.50. The zero-order valence-corrected chi connectivity index (χ0v) is 12.8.